The number of hydrogen-bond donors (Lipinski definition) is 2. The number of H-pyrrole nitrogens is 1. The molecule has 0 saturated heterocycles. The Kier molecular flexibility index (Phi) is 3.59. The molecule has 8 heteroatoms. The summed E-state index contributed by atoms with van der Waals surface area (Å²) in [4.78, 5) is 11.1. The maximum Gasteiger partial charge on any atom is 0.263 e. The van der Waals surface area contributed by atoms with Gasteiger partial charge in [0.2, 0.25) is 0 Å². The summed E-state index contributed by atoms with van der Waals surface area (Å²) in [6, 6.07) is 4.09. The fraction of sp³-hybridized carbons (Fsp3) is 0.0909. The molecule has 0 bridgehead atoms. The lowest BCUT2D eigenvalue weighted by molar-refractivity contribution is 0.101. The molecule has 0 aliphatic carbocycles. The van der Waals surface area contributed by atoms with Gasteiger partial charge in [-0.25, -0.2) is 8.42 Å². The molecule has 1 aromatic heterocycles. The number of sulfonamides is 1. The third kappa shape index (κ3) is 2.94. The van der Waals surface area contributed by atoms with Crippen LogP contribution in [0.5, 0.6) is 0 Å². The van der Waals surface area contributed by atoms with Crippen LogP contribution in [0, 0.1) is 0 Å². The van der Waals surface area contributed by atoms with E-state index in [0.29, 0.717) is 0 Å². The summed E-state index contributed by atoms with van der Waals surface area (Å²) >= 11 is 5.87. The Bertz CT molecular complexity index is 711. The van der Waals surface area contributed by atoms with Crippen molar-refractivity contribution in [3.8, 4) is 0 Å². The van der Waals surface area contributed by atoms with Gasteiger partial charge < -0.3 is 0 Å². The molecule has 0 atom stereocenters. The lowest BCUT2D eigenvalue weighted by Crippen LogP contribution is -2.13. The van der Waals surface area contributed by atoms with Crippen LogP contribution in [0.15, 0.2) is 35.5 Å². The zero-order valence-electron chi connectivity index (χ0n) is 9.84. The molecule has 0 aliphatic rings. The van der Waals surface area contributed by atoms with Gasteiger partial charge in [-0.3, -0.25) is 14.6 Å². The normalized spacial score (nSPS) is 11.3. The first-order valence-electron chi connectivity index (χ1n) is 5.22. The lowest BCUT2D eigenvalue weighted by atomic mass is 10.1. The van der Waals surface area contributed by atoms with E-state index in [9.17, 15) is 13.2 Å². The van der Waals surface area contributed by atoms with E-state index in [0.717, 1.165) is 0 Å². The van der Waals surface area contributed by atoms with Crippen molar-refractivity contribution in [3.63, 3.8) is 0 Å². The predicted octanol–water partition coefficient (Wildman–Crippen LogP) is 2.07. The van der Waals surface area contributed by atoms with Gasteiger partial charge in [-0.2, -0.15) is 5.10 Å². The zero-order chi connectivity index (χ0) is 14.0. The van der Waals surface area contributed by atoms with Crippen molar-refractivity contribution >= 4 is 33.1 Å². The van der Waals surface area contributed by atoms with Crippen LogP contribution in [0.4, 0.5) is 5.69 Å². The van der Waals surface area contributed by atoms with Gasteiger partial charge in [0.15, 0.2) is 5.78 Å². The fourth-order valence-corrected chi connectivity index (χ4v) is 3.01. The van der Waals surface area contributed by atoms with E-state index >= 15 is 0 Å². The summed E-state index contributed by atoms with van der Waals surface area (Å²) in [5, 5.41) is 6.16. The Labute approximate surface area is 114 Å². The van der Waals surface area contributed by atoms with E-state index in [1.54, 1.807) is 0 Å². The van der Waals surface area contributed by atoms with Gasteiger partial charge >= 0.3 is 0 Å². The van der Waals surface area contributed by atoms with Gasteiger partial charge in [-0.05, 0) is 25.1 Å². The first-order chi connectivity index (χ1) is 8.90. The van der Waals surface area contributed by atoms with Crippen LogP contribution in [0.3, 0.4) is 0 Å². The molecule has 0 amide bonds. The number of ketones is 1. The molecule has 2 rings (SSSR count). The number of aromatic amines is 1. The third-order valence-electron chi connectivity index (χ3n) is 2.38. The highest BCUT2D eigenvalue weighted by molar-refractivity contribution is 7.92. The maximum absolute atomic E-state index is 12.1. The number of carbonyl (C=O) groups excluding carboxylic acids is 1. The molecule has 1 aromatic carbocycles. The Morgan fingerprint density at radius 2 is 2.16 bits per heavy atom. The van der Waals surface area contributed by atoms with Crippen LogP contribution in [-0.2, 0) is 10.0 Å². The van der Waals surface area contributed by atoms with Crippen molar-refractivity contribution in [2.75, 3.05) is 4.72 Å². The summed E-state index contributed by atoms with van der Waals surface area (Å²) < 4.78 is 26.6. The largest absolute Gasteiger partial charge is 0.295 e. The highest BCUT2D eigenvalue weighted by Gasteiger charge is 2.19. The standard InChI is InChI=1S/C11H10ClN3O3S/c1-7(16)8-2-3-10(12)11(4-8)19(17,18)15-9-5-13-14-6-9/h2-6,15H,1H3,(H,13,14). The number of nitrogens with one attached hydrogen (secondary N) is 2. The molecule has 2 aromatic rings. The number of Topliss-reactive ketones (excluding diaryl/α,β-unsaturated/α-hetero) is 1. The van der Waals surface area contributed by atoms with Crippen molar-refractivity contribution in [1.29, 1.82) is 0 Å². The Balaban J connectivity index is 2.45. The van der Waals surface area contributed by atoms with Crippen LogP contribution in [0.1, 0.15) is 17.3 Å². The van der Waals surface area contributed by atoms with Crippen LogP contribution < -0.4 is 4.72 Å². The molecule has 2 N–H and O–H groups in total. The van der Waals surface area contributed by atoms with E-state index in [2.05, 4.69) is 14.9 Å². The van der Waals surface area contributed by atoms with Crippen molar-refractivity contribution in [3.05, 3.63) is 41.2 Å². The SMILES string of the molecule is CC(=O)c1ccc(Cl)c(S(=O)(=O)Nc2cn[nH]c2)c1. The van der Waals surface area contributed by atoms with Crippen molar-refractivity contribution in [2.24, 2.45) is 0 Å². The smallest absolute Gasteiger partial charge is 0.263 e. The second-order valence-corrected chi connectivity index (χ2v) is 5.85. The zero-order valence-corrected chi connectivity index (χ0v) is 11.4. The minimum Gasteiger partial charge on any atom is -0.295 e. The average Bonchev–Trinajstić information content (AvgIpc) is 2.81. The number of halogens is 1. The van der Waals surface area contributed by atoms with Gasteiger partial charge in [0, 0.05) is 11.8 Å². The number of anilines is 1. The number of rotatable bonds is 4. The Morgan fingerprint density at radius 1 is 1.42 bits per heavy atom. The van der Waals surface area contributed by atoms with Crippen LogP contribution in [0.2, 0.25) is 5.02 Å². The van der Waals surface area contributed by atoms with Crippen LogP contribution >= 0.6 is 11.6 Å². The number of aromatic nitrogens is 2. The molecule has 0 spiro atoms. The van der Waals surface area contributed by atoms with Crippen LogP contribution in [-0.4, -0.2) is 24.4 Å². The molecular formula is C11H10ClN3O3S. The minimum absolute atomic E-state index is 0.0426. The highest BCUT2D eigenvalue weighted by atomic mass is 35.5. The second kappa shape index (κ2) is 5.02. The molecule has 0 unspecified atom stereocenters. The second-order valence-electron chi connectivity index (χ2n) is 3.79. The highest BCUT2D eigenvalue weighted by Crippen LogP contribution is 2.24. The topological polar surface area (TPSA) is 91.9 Å². The van der Waals surface area contributed by atoms with Gasteiger partial charge in [-0.15, -0.1) is 0 Å². The molecule has 0 aliphatic heterocycles. The summed E-state index contributed by atoms with van der Waals surface area (Å²) in [5.74, 6) is -0.239. The minimum atomic E-state index is -3.86. The van der Waals surface area contributed by atoms with Crippen molar-refractivity contribution < 1.29 is 13.2 Å². The van der Waals surface area contributed by atoms with Gasteiger partial charge in [0.05, 0.1) is 16.9 Å². The van der Waals surface area contributed by atoms with Gasteiger partial charge in [-0.1, -0.05) is 11.6 Å². The van der Waals surface area contributed by atoms with E-state index in [1.165, 1.54) is 37.5 Å². The Morgan fingerprint density at radius 3 is 2.74 bits per heavy atom. The summed E-state index contributed by atoms with van der Waals surface area (Å²) in [6.45, 7) is 1.35. The molecule has 0 saturated carbocycles. The van der Waals surface area contributed by atoms with E-state index in [1.807, 2.05) is 0 Å². The summed E-state index contributed by atoms with van der Waals surface area (Å²) in [7, 11) is -3.86. The van der Waals surface area contributed by atoms with Crippen LogP contribution in [0.25, 0.3) is 0 Å². The van der Waals surface area contributed by atoms with Gasteiger partial charge in [0.25, 0.3) is 10.0 Å². The average molecular weight is 300 g/mol. The van der Waals surface area contributed by atoms with Crippen molar-refractivity contribution in [2.45, 2.75) is 11.8 Å². The quantitative estimate of drug-likeness (QED) is 0.845. The molecule has 0 fully saturated rings. The molecular weight excluding hydrogens is 290 g/mol. The summed E-state index contributed by atoms with van der Waals surface area (Å²) in [6.07, 6.45) is 2.71. The molecule has 0 radical (unpaired) electrons. The molecule has 1 heterocycles. The summed E-state index contributed by atoms with van der Waals surface area (Å²) in [5.41, 5.74) is 0.557. The van der Waals surface area contributed by atoms with E-state index < -0.39 is 10.0 Å². The monoisotopic (exact) mass is 299 g/mol. The first-order valence-corrected chi connectivity index (χ1v) is 7.08. The Hall–Kier alpha value is -1.86. The molecule has 19 heavy (non-hydrogen) atoms. The van der Waals surface area contributed by atoms with E-state index in [4.69, 9.17) is 11.6 Å². The fourth-order valence-electron chi connectivity index (χ4n) is 1.45. The number of hydrogen-bond acceptors (Lipinski definition) is 4. The first kappa shape index (κ1) is 13.6. The molecule has 6 nitrogen and oxygen atoms in total. The molecule has 100 valence electrons. The van der Waals surface area contributed by atoms with Crippen molar-refractivity contribution in [1.82, 2.24) is 10.2 Å². The predicted molar refractivity (Wildman–Crippen MR) is 70.9 cm³/mol. The number of carbonyl (C=O) groups is 1. The lowest BCUT2D eigenvalue weighted by Gasteiger charge is -2.08. The van der Waals surface area contributed by atoms with Gasteiger partial charge in [0.1, 0.15) is 4.90 Å². The maximum atomic E-state index is 12.1. The number of benzene rings is 1. The third-order valence-corrected chi connectivity index (χ3v) is 4.24. The number of nitrogens with zero attached hydrogens (tertiary/aromatic N) is 1. The van der Waals surface area contributed by atoms with E-state index in [-0.39, 0.29) is 27.0 Å².